The molecule has 1 aromatic rings. The van der Waals surface area contributed by atoms with Gasteiger partial charge >= 0.3 is 6.18 Å². The second kappa shape index (κ2) is 5.74. The molecule has 1 unspecified atom stereocenters. The van der Waals surface area contributed by atoms with E-state index in [-0.39, 0.29) is 6.04 Å². The molecular formula is C13H14F3N. The van der Waals surface area contributed by atoms with Crippen molar-refractivity contribution in [1.82, 2.24) is 5.32 Å². The van der Waals surface area contributed by atoms with E-state index in [4.69, 9.17) is 6.42 Å². The maximum absolute atomic E-state index is 12.5. The molecule has 0 aromatic heterocycles. The van der Waals surface area contributed by atoms with Crippen molar-refractivity contribution in [2.24, 2.45) is 0 Å². The highest BCUT2D eigenvalue weighted by molar-refractivity contribution is 5.26. The lowest BCUT2D eigenvalue weighted by Crippen LogP contribution is -2.27. The van der Waals surface area contributed by atoms with Crippen LogP contribution in [-0.4, -0.2) is 13.1 Å². The fraction of sp³-hybridized carbons (Fsp3) is 0.385. The summed E-state index contributed by atoms with van der Waals surface area (Å²) < 4.78 is 37.5. The van der Waals surface area contributed by atoms with Gasteiger partial charge in [-0.05, 0) is 25.1 Å². The number of rotatable bonds is 4. The van der Waals surface area contributed by atoms with E-state index < -0.39 is 11.7 Å². The second-order valence-electron chi connectivity index (χ2n) is 3.80. The summed E-state index contributed by atoms with van der Waals surface area (Å²) in [5, 5.41) is 2.99. The van der Waals surface area contributed by atoms with Gasteiger partial charge in [-0.3, -0.25) is 0 Å². The highest BCUT2D eigenvalue weighted by atomic mass is 19.4. The molecule has 0 aliphatic heterocycles. The van der Waals surface area contributed by atoms with Crippen molar-refractivity contribution in [1.29, 1.82) is 0 Å². The summed E-state index contributed by atoms with van der Waals surface area (Å²) in [5.74, 6) is 2.50. The van der Waals surface area contributed by atoms with Gasteiger partial charge < -0.3 is 5.32 Å². The van der Waals surface area contributed by atoms with Gasteiger partial charge in [-0.25, -0.2) is 0 Å². The van der Waals surface area contributed by atoms with E-state index in [9.17, 15) is 13.2 Å². The van der Waals surface area contributed by atoms with Gasteiger partial charge in [-0.2, -0.15) is 13.2 Å². The molecule has 1 aromatic carbocycles. The predicted molar refractivity (Wildman–Crippen MR) is 61.4 cm³/mol. The van der Waals surface area contributed by atoms with E-state index in [1.807, 2.05) is 0 Å². The summed E-state index contributed by atoms with van der Waals surface area (Å²) in [5.41, 5.74) is 0.0139. The Morgan fingerprint density at radius 2 is 2.12 bits per heavy atom. The molecule has 0 radical (unpaired) electrons. The average Bonchev–Trinajstić information content (AvgIpc) is 2.28. The van der Waals surface area contributed by atoms with Gasteiger partial charge in [0.05, 0.1) is 5.56 Å². The quantitative estimate of drug-likeness (QED) is 0.799. The Balaban J connectivity index is 2.82. The maximum Gasteiger partial charge on any atom is 0.416 e. The van der Waals surface area contributed by atoms with Crippen LogP contribution in [0.4, 0.5) is 13.2 Å². The Bertz CT molecular complexity index is 404. The highest BCUT2D eigenvalue weighted by Gasteiger charge is 2.30. The Kier molecular flexibility index (Phi) is 4.59. The summed E-state index contributed by atoms with van der Waals surface area (Å²) in [4.78, 5) is 0. The van der Waals surface area contributed by atoms with Gasteiger partial charge in [0.25, 0.3) is 0 Å². The Labute approximate surface area is 99.0 Å². The lowest BCUT2D eigenvalue weighted by Gasteiger charge is -2.14. The predicted octanol–water partition coefficient (Wildman–Crippen LogP) is 2.86. The molecule has 0 bridgehead atoms. The molecule has 17 heavy (non-hydrogen) atoms. The van der Waals surface area contributed by atoms with Crippen LogP contribution in [-0.2, 0) is 12.6 Å². The van der Waals surface area contributed by atoms with Crippen molar-refractivity contribution in [3.63, 3.8) is 0 Å². The molecule has 4 heteroatoms. The van der Waals surface area contributed by atoms with Crippen molar-refractivity contribution < 1.29 is 13.2 Å². The first-order valence-electron chi connectivity index (χ1n) is 5.24. The number of benzene rings is 1. The maximum atomic E-state index is 12.5. The number of hydrogen-bond donors (Lipinski definition) is 1. The molecule has 0 amide bonds. The van der Waals surface area contributed by atoms with Crippen LogP contribution >= 0.6 is 0 Å². The molecule has 0 fully saturated rings. The molecule has 0 saturated heterocycles. The van der Waals surface area contributed by atoms with Gasteiger partial charge in [-0.15, -0.1) is 12.3 Å². The minimum absolute atomic E-state index is 0.00323. The minimum Gasteiger partial charge on any atom is -0.316 e. The van der Waals surface area contributed by atoms with Crippen molar-refractivity contribution >= 4 is 0 Å². The number of nitrogens with one attached hydrogen (secondary N) is 1. The fourth-order valence-corrected chi connectivity index (χ4v) is 1.58. The molecule has 0 spiro atoms. The van der Waals surface area contributed by atoms with Gasteiger partial charge in [-0.1, -0.05) is 18.2 Å². The zero-order chi connectivity index (χ0) is 12.9. The molecule has 1 N–H and O–H groups in total. The van der Waals surface area contributed by atoms with E-state index >= 15 is 0 Å². The SMILES string of the molecule is C#CCC(Cc1cccc(C(F)(F)F)c1)NC. The standard InChI is InChI=1S/C13H14F3N/c1-3-5-12(17-2)9-10-6-4-7-11(8-10)13(14,15)16/h1,4,6-8,12,17H,5,9H2,2H3. The van der Waals surface area contributed by atoms with Crippen LogP contribution in [0.3, 0.4) is 0 Å². The first kappa shape index (κ1) is 13.6. The molecular weight excluding hydrogens is 227 g/mol. The van der Waals surface area contributed by atoms with Crippen LogP contribution in [0.25, 0.3) is 0 Å². The van der Waals surface area contributed by atoms with Gasteiger partial charge in [0.15, 0.2) is 0 Å². The summed E-state index contributed by atoms with van der Waals surface area (Å²) in [6.07, 6.45) is 1.88. The van der Waals surface area contributed by atoms with Crippen molar-refractivity contribution in [3.8, 4) is 12.3 Å². The second-order valence-corrected chi connectivity index (χ2v) is 3.80. The average molecular weight is 241 g/mol. The highest BCUT2D eigenvalue weighted by Crippen LogP contribution is 2.29. The molecule has 1 rings (SSSR count). The van der Waals surface area contributed by atoms with Crippen LogP contribution in [0.15, 0.2) is 24.3 Å². The first-order chi connectivity index (χ1) is 7.97. The molecule has 1 atom stereocenters. The van der Waals surface area contributed by atoms with Crippen LogP contribution in [0.2, 0.25) is 0 Å². The van der Waals surface area contributed by atoms with Gasteiger partial charge in [0.1, 0.15) is 0 Å². The summed E-state index contributed by atoms with van der Waals surface area (Å²) >= 11 is 0. The van der Waals surface area contributed by atoms with E-state index in [2.05, 4.69) is 11.2 Å². The van der Waals surface area contributed by atoms with Crippen molar-refractivity contribution in [2.45, 2.75) is 25.1 Å². The smallest absolute Gasteiger partial charge is 0.316 e. The zero-order valence-electron chi connectivity index (χ0n) is 9.51. The van der Waals surface area contributed by atoms with Crippen LogP contribution in [0, 0.1) is 12.3 Å². The minimum atomic E-state index is -4.29. The lowest BCUT2D eigenvalue weighted by molar-refractivity contribution is -0.137. The zero-order valence-corrected chi connectivity index (χ0v) is 9.51. The van der Waals surface area contributed by atoms with Crippen LogP contribution in [0.5, 0.6) is 0 Å². The van der Waals surface area contributed by atoms with Crippen LogP contribution in [0.1, 0.15) is 17.5 Å². The van der Waals surface area contributed by atoms with E-state index in [0.717, 1.165) is 6.07 Å². The summed E-state index contributed by atoms with van der Waals surface area (Å²) in [6, 6.07) is 5.33. The Morgan fingerprint density at radius 1 is 1.41 bits per heavy atom. The molecule has 0 aliphatic carbocycles. The third-order valence-electron chi connectivity index (χ3n) is 2.51. The number of hydrogen-bond acceptors (Lipinski definition) is 1. The first-order valence-corrected chi connectivity index (χ1v) is 5.24. The van der Waals surface area contributed by atoms with Gasteiger partial charge in [0.2, 0.25) is 0 Å². The van der Waals surface area contributed by atoms with Crippen molar-refractivity contribution in [3.05, 3.63) is 35.4 Å². The van der Waals surface area contributed by atoms with E-state index in [1.165, 1.54) is 12.1 Å². The topological polar surface area (TPSA) is 12.0 Å². The molecule has 1 nitrogen and oxygen atoms in total. The number of likely N-dealkylation sites (N-methyl/N-ethyl adjacent to an activating group) is 1. The van der Waals surface area contributed by atoms with Gasteiger partial charge in [0, 0.05) is 12.5 Å². The third kappa shape index (κ3) is 4.12. The lowest BCUT2D eigenvalue weighted by atomic mass is 10.0. The monoisotopic (exact) mass is 241 g/mol. The normalized spacial score (nSPS) is 13.1. The molecule has 0 saturated carbocycles. The third-order valence-corrected chi connectivity index (χ3v) is 2.51. The summed E-state index contributed by atoms with van der Waals surface area (Å²) in [6.45, 7) is 0. The Morgan fingerprint density at radius 3 is 2.65 bits per heavy atom. The van der Waals surface area contributed by atoms with Crippen molar-refractivity contribution in [2.75, 3.05) is 7.05 Å². The van der Waals surface area contributed by atoms with E-state index in [0.29, 0.717) is 18.4 Å². The van der Waals surface area contributed by atoms with Crippen LogP contribution < -0.4 is 5.32 Å². The Hall–Kier alpha value is -1.47. The fourth-order valence-electron chi connectivity index (χ4n) is 1.58. The van der Waals surface area contributed by atoms with E-state index in [1.54, 1.807) is 13.1 Å². The molecule has 0 aliphatic rings. The largest absolute Gasteiger partial charge is 0.416 e. The summed E-state index contributed by atoms with van der Waals surface area (Å²) in [7, 11) is 1.75. The number of terminal acetylenes is 1. The molecule has 0 heterocycles. The number of halogens is 3. The number of alkyl halides is 3. The molecule has 92 valence electrons.